The summed E-state index contributed by atoms with van der Waals surface area (Å²) in [7, 11) is 0. The van der Waals surface area contributed by atoms with Crippen LogP contribution in [-0.4, -0.2) is 20.2 Å². The molecule has 0 amide bonds. The summed E-state index contributed by atoms with van der Waals surface area (Å²) in [4.78, 5) is 0. The van der Waals surface area contributed by atoms with E-state index in [4.69, 9.17) is 0 Å². The quantitative estimate of drug-likeness (QED) is 0.589. The van der Waals surface area contributed by atoms with Gasteiger partial charge in [0.25, 0.3) is 0 Å². The largest absolute Gasteiger partial charge is 0.346 e. The van der Waals surface area contributed by atoms with Crippen LogP contribution in [-0.2, 0) is 0 Å². The Kier molecular flexibility index (Phi) is 4.33. The van der Waals surface area contributed by atoms with E-state index in [0.29, 0.717) is 23.5 Å². The number of hydrogen-bond acceptors (Lipinski definition) is 4. The summed E-state index contributed by atoms with van der Waals surface area (Å²) in [5.41, 5.74) is 2.28. The zero-order valence-electron chi connectivity index (χ0n) is 13.2. The first-order valence-corrected chi connectivity index (χ1v) is 9.37. The van der Waals surface area contributed by atoms with E-state index in [2.05, 4.69) is 58.8 Å². The highest BCUT2D eigenvalue weighted by Crippen LogP contribution is 2.41. The molecule has 0 saturated heterocycles. The molecule has 128 valence electrons. The highest BCUT2D eigenvalue weighted by Gasteiger charge is 2.33. The van der Waals surface area contributed by atoms with Gasteiger partial charge in [0.15, 0.2) is 0 Å². The third kappa shape index (κ3) is 2.97. The fraction of sp³-hybridized carbons (Fsp3) is 0.235. The van der Waals surface area contributed by atoms with Gasteiger partial charge in [-0.2, -0.15) is 0 Å². The molecule has 0 unspecified atom stereocenters. The lowest BCUT2D eigenvalue weighted by Crippen LogP contribution is -2.29. The van der Waals surface area contributed by atoms with Crippen LogP contribution in [0.4, 0.5) is 10.3 Å². The number of halogens is 3. The molecule has 4 rings (SSSR count). The van der Waals surface area contributed by atoms with Crippen LogP contribution < -0.4 is 5.32 Å². The van der Waals surface area contributed by atoms with E-state index in [-0.39, 0.29) is 17.9 Å². The number of hydrogen-bond donors (Lipinski definition) is 1. The van der Waals surface area contributed by atoms with Crippen molar-refractivity contribution in [3.05, 3.63) is 67.9 Å². The first-order valence-electron chi connectivity index (χ1n) is 7.79. The van der Waals surface area contributed by atoms with Gasteiger partial charge < -0.3 is 5.32 Å². The Morgan fingerprint density at radius 2 is 2.08 bits per heavy atom. The summed E-state index contributed by atoms with van der Waals surface area (Å²) < 4.78 is 18.3. The number of anilines is 1. The average Bonchev–Trinajstić information content (AvgIpc) is 3.07. The summed E-state index contributed by atoms with van der Waals surface area (Å²) in [6, 6.07) is 11.4. The number of fused-ring (bicyclic) bond motifs is 1. The van der Waals surface area contributed by atoms with E-state index in [1.54, 1.807) is 17.7 Å². The van der Waals surface area contributed by atoms with Crippen molar-refractivity contribution in [3.63, 3.8) is 0 Å². The molecule has 0 radical (unpaired) electrons. The van der Waals surface area contributed by atoms with Crippen LogP contribution >= 0.6 is 31.9 Å². The van der Waals surface area contributed by atoms with Gasteiger partial charge in [-0.3, -0.25) is 0 Å². The Hall–Kier alpha value is -1.80. The van der Waals surface area contributed by atoms with E-state index in [9.17, 15) is 4.39 Å². The Labute approximate surface area is 160 Å². The van der Waals surface area contributed by atoms with Crippen LogP contribution in [0.25, 0.3) is 0 Å². The van der Waals surface area contributed by atoms with Gasteiger partial charge in [0.2, 0.25) is 5.95 Å². The van der Waals surface area contributed by atoms with Crippen molar-refractivity contribution in [2.24, 2.45) is 0 Å². The SMILES string of the molecule is Cc1ccc(Br)c([C@H]2C[C@@H](c3cccc(Br)c3)Nc3nnnn32)c1F. The normalized spacial score (nSPS) is 19.4. The monoisotopic (exact) mass is 465 g/mol. The van der Waals surface area contributed by atoms with Crippen molar-refractivity contribution in [1.82, 2.24) is 20.2 Å². The summed E-state index contributed by atoms with van der Waals surface area (Å²) in [5.74, 6) is 0.310. The zero-order chi connectivity index (χ0) is 17.6. The summed E-state index contributed by atoms with van der Waals surface area (Å²) in [6.07, 6.45) is 0.632. The van der Waals surface area contributed by atoms with Crippen LogP contribution in [0, 0.1) is 12.7 Å². The predicted molar refractivity (Wildman–Crippen MR) is 99.9 cm³/mol. The molecule has 1 aliphatic rings. The van der Waals surface area contributed by atoms with Gasteiger partial charge in [0.05, 0.1) is 12.1 Å². The molecule has 0 bridgehead atoms. The van der Waals surface area contributed by atoms with Gasteiger partial charge in [-0.15, -0.1) is 0 Å². The molecule has 0 spiro atoms. The standard InChI is InChI=1S/C17H14Br2FN5/c1-9-5-6-12(19)15(16(9)20)14-8-13(10-3-2-4-11(18)7-10)21-17-22-23-24-25(14)17/h2-7,13-14H,8H2,1H3,(H,21,22,24)/t13-,14+/m0/s1. The van der Waals surface area contributed by atoms with Crippen molar-refractivity contribution in [3.8, 4) is 0 Å². The number of aryl methyl sites for hydroxylation is 1. The van der Waals surface area contributed by atoms with Gasteiger partial charge in [0, 0.05) is 14.5 Å². The van der Waals surface area contributed by atoms with Gasteiger partial charge in [0.1, 0.15) is 5.82 Å². The Balaban J connectivity index is 1.82. The maximum Gasteiger partial charge on any atom is 0.243 e. The van der Waals surface area contributed by atoms with Crippen molar-refractivity contribution in [1.29, 1.82) is 0 Å². The molecule has 0 saturated carbocycles. The number of nitrogens with one attached hydrogen (secondary N) is 1. The molecule has 0 aliphatic carbocycles. The zero-order valence-corrected chi connectivity index (χ0v) is 16.4. The van der Waals surface area contributed by atoms with Crippen molar-refractivity contribution >= 4 is 37.8 Å². The molecule has 1 N–H and O–H groups in total. The van der Waals surface area contributed by atoms with E-state index in [0.717, 1.165) is 14.5 Å². The first kappa shape index (κ1) is 16.7. The fourth-order valence-corrected chi connectivity index (χ4v) is 4.19. The van der Waals surface area contributed by atoms with Gasteiger partial charge in [-0.25, -0.2) is 9.07 Å². The fourth-order valence-electron chi connectivity index (χ4n) is 3.20. The van der Waals surface area contributed by atoms with Crippen LogP contribution in [0.5, 0.6) is 0 Å². The van der Waals surface area contributed by atoms with Crippen LogP contribution in [0.2, 0.25) is 0 Å². The topological polar surface area (TPSA) is 55.6 Å². The lowest BCUT2D eigenvalue weighted by Gasteiger charge is -2.32. The van der Waals surface area contributed by atoms with Crippen molar-refractivity contribution in [2.45, 2.75) is 25.4 Å². The molecule has 1 aromatic heterocycles. The third-order valence-corrected chi connectivity index (χ3v) is 5.64. The predicted octanol–water partition coefficient (Wildman–Crippen LogP) is 4.79. The molecule has 2 aromatic carbocycles. The third-order valence-electron chi connectivity index (χ3n) is 4.45. The molecule has 2 atom stereocenters. The smallest absolute Gasteiger partial charge is 0.243 e. The minimum atomic E-state index is -0.301. The molecule has 3 aromatic rings. The lowest BCUT2D eigenvalue weighted by atomic mass is 9.92. The van der Waals surface area contributed by atoms with E-state index in [1.165, 1.54) is 0 Å². The molecule has 0 fully saturated rings. The van der Waals surface area contributed by atoms with Crippen LogP contribution in [0.3, 0.4) is 0 Å². The van der Waals surface area contributed by atoms with Crippen LogP contribution in [0.1, 0.15) is 35.2 Å². The second kappa shape index (κ2) is 6.49. The maximum atomic E-state index is 14.9. The average molecular weight is 467 g/mol. The first-order chi connectivity index (χ1) is 12.0. The highest BCUT2D eigenvalue weighted by molar-refractivity contribution is 9.10. The number of benzene rings is 2. The van der Waals surface area contributed by atoms with E-state index >= 15 is 0 Å². The number of tetrazole rings is 1. The van der Waals surface area contributed by atoms with Gasteiger partial charge >= 0.3 is 0 Å². The summed E-state index contributed by atoms with van der Waals surface area (Å²) >= 11 is 7.00. The number of rotatable bonds is 2. The molecule has 2 heterocycles. The minimum absolute atomic E-state index is 0.0205. The van der Waals surface area contributed by atoms with Gasteiger partial charge in [-0.05, 0) is 53.1 Å². The number of aromatic nitrogens is 4. The van der Waals surface area contributed by atoms with Crippen LogP contribution in [0.15, 0.2) is 45.3 Å². The van der Waals surface area contributed by atoms with Crippen molar-refractivity contribution < 1.29 is 4.39 Å². The second-order valence-electron chi connectivity index (χ2n) is 6.04. The Morgan fingerprint density at radius 1 is 1.24 bits per heavy atom. The van der Waals surface area contributed by atoms with Crippen molar-refractivity contribution in [2.75, 3.05) is 5.32 Å². The molecular weight excluding hydrogens is 453 g/mol. The highest BCUT2D eigenvalue weighted by atomic mass is 79.9. The van der Waals surface area contributed by atoms with E-state index < -0.39 is 0 Å². The second-order valence-corrected chi connectivity index (χ2v) is 7.81. The Morgan fingerprint density at radius 3 is 2.88 bits per heavy atom. The number of nitrogens with zero attached hydrogens (tertiary/aromatic N) is 4. The molecule has 25 heavy (non-hydrogen) atoms. The maximum absolute atomic E-state index is 14.9. The van der Waals surface area contributed by atoms with Gasteiger partial charge in [-0.1, -0.05) is 55.2 Å². The molecule has 8 heteroatoms. The Bertz CT molecular complexity index is 943. The lowest BCUT2D eigenvalue weighted by molar-refractivity contribution is 0.407. The van der Waals surface area contributed by atoms with E-state index in [1.807, 2.05) is 24.3 Å². The molecule has 5 nitrogen and oxygen atoms in total. The molecule has 1 aliphatic heterocycles. The summed E-state index contributed by atoms with van der Waals surface area (Å²) in [6.45, 7) is 1.76. The molecular formula is C17H14Br2FN5. The summed E-state index contributed by atoms with van der Waals surface area (Å²) in [5, 5.41) is 15.2. The minimum Gasteiger partial charge on any atom is -0.346 e.